The number of nitrogens with zero attached hydrogens (tertiary/aromatic N) is 3. The number of allylic oxidation sites excluding steroid dienone is 5. The number of aromatic amines is 1. The van der Waals surface area contributed by atoms with Gasteiger partial charge in [0.05, 0.1) is 17.9 Å². The minimum Gasteiger partial charge on any atom is -0.280 e. The highest BCUT2D eigenvalue weighted by molar-refractivity contribution is 7.98. The molecule has 2 aromatic carbocycles. The topological polar surface area (TPSA) is 63.6 Å². The Morgan fingerprint density at radius 3 is 2.71 bits per heavy atom. The molecule has 3 aromatic rings. The third-order valence-electron chi connectivity index (χ3n) is 4.28. The summed E-state index contributed by atoms with van der Waals surface area (Å²) in [5.74, 6) is 0.624. The zero-order valence-electron chi connectivity index (χ0n) is 18.2. The van der Waals surface area contributed by atoms with Crippen LogP contribution in [0.15, 0.2) is 101 Å². The molecule has 3 rings (SSSR count). The van der Waals surface area contributed by atoms with Crippen LogP contribution in [0.1, 0.15) is 5.56 Å². The van der Waals surface area contributed by atoms with Crippen molar-refractivity contribution in [3.63, 3.8) is 0 Å². The van der Waals surface area contributed by atoms with Crippen LogP contribution in [0.5, 0.6) is 0 Å². The maximum Gasteiger partial charge on any atom is 0.275 e. The van der Waals surface area contributed by atoms with Gasteiger partial charge in [-0.05, 0) is 22.4 Å². The maximum atomic E-state index is 12.7. The summed E-state index contributed by atoms with van der Waals surface area (Å²) in [6.45, 7) is 3.54. The summed E-state index contributed by atoms with van der Waals surface area (Å²) in [7, 11) is 0.500. The first-order chi connectivity index (χ1) is 16.5. The number of hydrogen-bond donors (Lipinski definition) is 1. The van der Waals surface area contributed by atoms with Crippen LogP contribution < -0.4 is 5.56 Å². The van der Waals surface area contributed by atoms with E-state index in [2.05, 4.69) is 40.0 Å². The molecule has 1 heterocycles. The highest BCUT2D eigenvalue weighted by atomic mass is 35.5. The molecule has 0 aliphatic carbocycles. The van der Waals surface area contributed by atoms with Crippen LogP contribution in [-0.2, 0) is 5.75 Å². The maximum absolute atomic E-state index is 12.7. The quantitative estimate of drug-likeness (QED) is 0.292. The second kappa shape index (κ2) is 14.1. The van der Waals surface area contributed by atoms with Gasteiger partial charge in [-0.2, -0.15) is 5.10 Å². The van der Waals surface area contributed by atoms with E-state index in [1.165, 1.54) is 36.3 Å². The fourth-order valence-electron chi connectivity index (χ4n) is 2.89. The predicted octanol–water partition coefficient (Wildman–Crippen LogP) is 6.54. The Labute approximate surface area is 204 Å². The lowest BCUT2D eigenvalue weighted by Crippen LogP contribution is -2.16. The monoisotopic (exact) mass is 506 g/mol. The van der Waals surface area contributed by atoms with E-state index in [0.29, 0.717) is 24.2 Å². The first kappa shape index (κ1) is 26.9. The lowest BCUT2D eigenvalue weighted by Gasteiger charge is -2.07. The second-order valence-electron chi connectivity index (χ2n) is 6.37. The summed E-state index contributed by atoms with van der Waals surface area (Å²) in [5, 5.41) is 9.11. The molecule has 0 aliphatic rings. The molecule has 0 bridgehead atoms. The van der Waals surface area contributed by atoms with Gasteiger partial charge in [-0.3, -0.25) is 18.9 Å². The van der Waals surface area contributed by atoms with Gasteiger partial charge in [0.25, 0.3) is 12.0 Å². The van der Waals surface area contributed by atoms with E-state index in [-0.39, 0.29) is 10.7 Å². The van der Waals surface area contributed by atoms with E-state index >= 15 is 0 Å². The molecule has 0 amide bonds. The van der Waals surface area contributed by atoms with Crippen molar-refractivity contribution in [2.24, 2.45) is 0 Å². The van der Waals surface area contributed by atoms with Crippen LogP contribution in [0.3, 0.4) is 0 Å². The fraction of sp³-hybridized carbons (Fsp3) is 0.125. The molecule has 0 atom stereocenters. The summed E-state index contributed by atoms with van der Waals surface area (Å²) in [4.78, 5) is 16.8. The number of nitrogens with one attached hydrogen (secondary N) is 1. The molecule has 0 fully saturated rings. The summed E-state index contributed by atoms with van der Waals surface area (Å²) < 4.78 is 36.0. The molecule has 178 valence electrons. The van der Waals surface area contributed by atoms with Crippen molar-refractivity contribution in [2.45, 2.75) is 17.3 Å². The second-order valence-corrected chi connectivity index (χ2v) is 7.75. The SMILES string of the molecule is C=C/C=C(\C(Cl)=C\C(F)F)n1ccnc(SCc2cccc3ccccc23)[nH]ncc1=O.CF. The van der Waals surface area contributed by atoms with Crippen molar-refractivity contribution in [3.05, 3.63) is 107 Å². The Kier molecular flexibility index (Phi) is 11.2. The van der Waals surface area contributed by atoms with Gasteiger partial charge in [0.15, 0.2) is 5.16 Å². The van der Waals surface area contributed by atoms with Crippen molar-refractivity contribution in [2.75, 3.05) is 7.18 Å². The third-order valence-corrected chi connectivity index (χ3v) is 5.52. The average molecular weight is 507 g/mol. The van der Waals surface area contributed by atoms with E-state index in [1.54, 1.807) is 0 Å². The van der Waals surface area contributed by atoms with Gasteiger partial charge in [-0.25, -0.2) is 13.8 Å². The molecule has 0 saturated heterocycles. The highest BCUT2D eigenvalue weighted by Crippen LogP contribution is 2.25. The van der Waals surface area contributed by atoms with Crippen LogP contribution >= 0.6 is 23.4 Å². The van der Waals surface area contributed by atoms with Crippen molar-refractivity contribution >= 4 is 39.8 Å². The Hall–Kier alpha value is -3.30. The molecule has 0 unspecified atom stereocenters. The number of alkyl halides is 3. The normalized spacial score (nSPS) is 11.6. The summed E-state index contributed by atoms with van der Waals surface area (Å²) in [5.41, 5.74) is 0.554. The number of halogens is 4. The van der Waals surface area contributed by atoms with Gasteiger partial charge in [0.1, 0.15) is 6.20 Å². The summed E-state index contributed by atoms with van der Waals surface area (Å²) >= 11 is 7.39. The molecule has 34 heavy (non-hydrogen) atoms. The molecule has 0 saturated carbocycles. The van der Waals surface area contributed by atoms with E-state index < -0.39 is 12.0 Å². The fourth-order valence-corrected chi connectivity index (χ4v) is 3.94. The number of fused-ring (bicyclic) bond motifs is 1. The van der Waals surface area contributed by atoms with Gasteiger partial charge in [0.2, 0.25) is 0 Å². The first-order valence-electron chi connectivity index (χ1n) is 9.82. The Bertz CT molecular complexity index is 1280. The van der Waals surface area contributed by atoms with Crippen molar-refractivity contribution in [3.8, 4) is 0 Å². The zero-order chi connectivity index (χ0) is 24.9. The average Bonchev–Trinajstić information content (AvgIpc) is 2.92. The Morgan fingerprint density at radius 2 is 1.97 bits per heavy atom. The molecular weight excluding hydrogens is 485 g/mol. The predicted molar refractivity (Wildman–Crippen MR) is 133 cm³/mol. The first-order valence-corrected chi connectivity index (χ1v) is 11.2. The molecule has 0 spiro atoms. The molecule has 5 nitrogen and oxygen atoms in total. The molecular formula is C24H22ClF3N4OS. The number of rotatable bonds is 7. The van der Waals surface area contributed by atoms with E-state index in [1.807, 2.05) is 24.3 Å². The number of H-pyrrole nitrogens is 1. The molecule has 1 N–H and O–H groups in total. The third kappa shape index (κ3) is 7.64. The van der Waals surface area contributed by atoms with Crippen LogP contribution in [0.4, 0.5) is 13.2 Å². The summed E-state index contributed by atoms with van der Waals surface area (Å²) in [6, 6.07) is 14.2. The largest absolute Gasteiger partial charge is 0.280 e. The van der Waals surface area contributed by atoms with Crippen LogP contribution in [-0.4, -0.2) is 33.4 Å². The van der Waals surface area contributed by atoms with Gasteiger partial charge in [-0.15, -0.1) is 0 Å². The van der Waals surface area contributed by atoms with Crippen molar-refractivity contribution in [1.82, 2.24) is 19.7 Å². The minimum atomic E-state index is -2.78. The molecule has 0 radical (unpaired) electrons. The number of benzene rings is 2. The van der Waals surface area contributed by atoms with E-state index in [4.69, 9.17) is 11.6 Å². The van der Waals surface area contributed by atoms with Crippen molar-refractivity contribution < 1.29 is 13.2 Å². The van der Waals surface area contributed by atoms with Crippen LogP contribution in [0.25, 0.3) is 16.5 Å². The van der Waals surface area contributed by atoms with Gasteiger partial charge < -0.3 is 0 Å². The Balaban J connectivity index is 0.00000199. The lowest BCUT2D eigenvalue weighted by atomic mass is 10.1. The van der Waals surface area contributed by atoms with Crippen LogP contribution in [0.2, 0.25) is 0 Å². The molecule has 10 heteroatoms. The standard InChI is InChI=1S/C23H19ClF2N4OS.CH3F/c1-2-6-20(19(24)13-21(25)26)30-12-11-27-23(29-28-14-22(30)31)32-15-17-9-5-8-16-7-3-4-10-18(16)17;1-2/h2-14,21H,1,15H2,(H,27,29);1H3/b12-11?,19-13-,20-6+,28-14?;. The van der Waals surface area contributed by atoms with Crippen LogP contribution in [0, 0.1) is 0 Å². The molecule has 1 aromatic heterocycles. The Morgan fingerprint density at radius 1 is 1.24 bits per heavy atom. The van der Waals surface area contributed by atoms with Gasteiger partial charge in [0, 0.05) is 24.2 Å². The smallest absolute Gasteiger partial charge is 0.275 e. The summed E-state index contributed by atoms with van der Waals surface area (Å²) in [6.07, 6.45) is 4.17. The van der Waals surface area contributed by atoms with E-state index in [9.17, 15) is 18.0 Å². The van der Waals surface area contributed by atoms with Gasteiger partial charge in [-0.1, -0.05) is 78.5 Å². The van der Waals surface area contributed by atoms with Crippen molar-refractivity contribution in [1.29, 1.82) is 0 Å². The van der Waals surface area contributed by atoms with E-state index in [0.717, 1.165) is 27.1 Å². The molecule has 0 aliphatic heterocycles. The zero-order valence-corrected chi connectivity index (χ0v) is 19.7. The number of aromatic nitrogens is 4. The lowest BCUT2D eigenvalue weighted by molar-refractivity contribution is 0.204. The minimum absolute atomic E-state index is 0.0247. The number of hydrogen-bond acceptors (Lipinski definition) is 4. The highest BCUT2D eigenvalue weighted by Gasteiger charge is 2.09. The number of thioether (sulfide) groups is 1. The van der Waals surface area contributed by atoms with Gasteiger partial charge >= 0.3 is 0 Å².